The fourth-order valence-electron chi connectivity index (χ4n) is 3.06. The van der Waals surface area contributed by atoms with E-state index >= 15 is 0 Å². The van der Waals surface area contributed by atoms with Gasteiger partial charge in [-0.3, -0.25) is 9.59 Å². The zero-order valence-electron chi connectivity index (χ0n) is 14.2. The number of nitrogens with zero attached hydrogens (tertiary/aromatic N) is 1. The molecule has 4 N–H and O–H groups in total. The number of hydrogen-bond acceptors (Lipinski definition) is 3. The number of nitrogens with two attached hydrogens (primary N) is 2. The van der Waals surface area contributed by atoms with Gasteiger partial charge in [-0.25, -0.2) is 0 Å². The van der Waals surface area contributed by atoms with Crippen LogP contribution in [-0.2, 0) is 4.79 Å². The molecule has 0 spiro atoms. The number of hydrogen-bond donors (Lipinski definition) is 2. The fraction of sp³-hybridized carbons (Fsp3) is 0.556. The normalized spacial score (nSPS) is 17.8. The van der Waals surface area contributed by atoms with Crippen LogP contribution in [0.4, 0.5) is 0 Å². The lowest BCUT2D eigenvalue weighted by atomic mass is 9.84. The Morgan fingerprint density at radius 3 is 2.26 bits per heavy atom. The van der Waals surface area contributed by atoms with Gasteiger partial charge < -0.3 is 16.4 Å². The van der Waals surface area contributed by atoms with Crippen LogP contribution in [0.2, 0.25) is 0 Å². The average molecular weight is 317 g/mol. The average Bonchev–Trinajstić information content (AvgIpc) is 2.52. The van der Waals surface area contributed by atoms with Gasteiger partial charge >= 0.3 is 0 Å². The van der Waals surface area contributed by atoms with Gasteiger partial charge in [-0.1, -0.05) is 39.0 Å². The van der Waals surface area contributed by atoms with Gasteiger partial charge in [-0.15, -0.1) is 0 Å². The highest BCUT2D eigenvalue weighted by Crippen LogP contribution is 2.31. The first kappa shape index (κ1) is 17.5. The van der Waals surface area contributed by atoms with Gasteiger partial charge in [0.15, 0.2) is 0 Å². The van der Waals surface area contributed by atoms with E-state index in [1.807, 2.05) is 43.9 Å². The SMILES string of the molecule is CC(C)(C)[C@H](N)C(=O)N1CCC(c2ccccc2C(N)=O)CC1. The maximum absolute atomic E-state index is 12.5. The van der Waals surface area contributed by atoms with Crippen LogP contribution in [0, 0.1) is 5.41 Å². The van der Waals surface area contributed by atoms with Gasteiger partial charge in [-0.05, 0) is 35.8 Å². The van der Waals surface area contributed by atoms with Gasteiger partial charge in [0.05, 0.1) is 6.04 Å². The molecular formula is C18H27N3O2. The van der Waals surface area contributed by atoms with Crippen LogP contribution in [0.25, 0.3) is 0 Å². The Hall–Kier alpha value is -1.88. The Morgan fingerprint density at radius 1 is 1.17 bits per heavy atom. The second kappa shape index (κ2) is 6.71. The molecular weight excluding hydrogens is 290 g/mol. The van der Waals surface area contributed by atoms with E-state index in [2.05, 4.69) is 0 Å². The molecule has 23 heavy (non-hydrogen) atoms. The molecule has 2 rings (SSSR count). The summed E-state index contributed by atoms with van der Waals surface area (Å²) in [4.78, 5) is 25.9. The molecule has 1 fully saturated rings. The molecule has 1 aromatic rings. The van der Waals surface area contributed by atoms with E-state index in [1.54, 1.807) is 6.07 Å². The zero-order valence-corrected chi connectivity index (χ0v) is 14.2. The predicted molar refractivity (Wildman–Crippen MR) is 90.9 cm³/mol. The monoisotopic (exact) mass is 317 g/mol. The molecule has 0 aromatic heterocycles. The molecule has 1 aromatic carbocycles. The van der Waals surface area contributed by atoms with E-state index in [9.17, 15) is 9.59 Å². The van der Waals surface area contributed by atoms with E-state index in [0.717, 1.165) is 18.4 Å². The van der Waals surface area contributed by atoms with E-state index in [0.29, 0.717) is 18.7 Å². The van der Waals surface area contributed by atoms with Crippen molar-refractivity contribution in [3.8, 4) is 0 Å². The number of benzene rings is 1. The molecule has 5 nitrogen and oxygen atoms in total. The number of carbonyl (C=O) groups excluding carboxylic acids is 2. The third kappa shape index (κ3) is 3.91. The van der Waals surface area contributed by atoms with E-state index in [-0.39, 0.29) is 17.2 Å². The maximum Gasteiger partial charge on any atom is 0.248 e. The molecule has 0 unspecified atom stereocenters. The highest BCUT2D eigenvalue weighted by atomic mass is 16.2. The van der Waals surface area contributed by atoms with E-state index < -0.39 is 11.9 Å². The van der Waals surface area contributed by atoms with Crippen LogP contribution in [0.5, 0.6) is 0 Å². The maximum atomic E-state index is 12.5. The molecule has 0 saturated carbocycles. The lowest BCUT2D eigenvalue weighted by molar-refractivity contribution is -0.136. The molecule has 5 heteroatoms. The zero-order chi connectivity index (χ0) is 17.2. The Bertz CT molecular complexity index is 584. The molecule has 0 bridgehead atoms. The lowest BCUT2D eigenvalue weighted by Crippen LogP contribution is -2.52. The van der Waals surface area contributed by atoms with Crippen molar-refractivity contribution in [2.45, 2.75) is 45.6 Å². The van der Waals surface area contributed by atoms with E-state index in [1.165, 1.54) is 0 Å². The van der Waals surface area contributed by atoms with Gasteiger partial charge in [0, 0.05) is 18.7 Å². The molecule has 1 aliphatic rings. The molecule has 2 amide bonds. The number of primary amides is 1. The van der Waals surface area contributed by atoms with Crippen LogP contribution in [-0.4, -0.2) is 35.8 Å². The lowest BCUT2D eigenvalue weighted by Gasteiger charge is -2.37. The number of likely N-dealkylation sites (tertiary alicyclic amines) is 1. The van der Waals surface area contributed by atoms with Crippen molar-refractivity contribution in [2.75, 3.05) is 13.1 Å². The quantitative estimate of drug-likeness (QED) is 0.891. The minimum absolute atomic E-state index is 0.0131. The summed E-state index contributed by atoms with van der Waals surface area (Å²) in [7, 11) is 0. The standard InChI is InChI=1S/C18H27N3O2/c1-18(2,3)15(19)17(23)21-10-8-12(9-11-21)13-6-4-5-7-14(13)16(20)22/h4-7,12,15H,8-11,19H2,1-3H3,(H2,20,22)/t15-/m1/s1. The molecule has 1 saturated heterocycles. The number of amides is 2. The van der Waals surface area contributed by atoms with Crippen molar-refractivity contribution in [2.24, 2.45) is 16.9 Å². The smallest absolute Gasteiger partial charge is 0.248 e. The molecule has 0 radical (unpaired) electrons. The summed E-state index contributed by atoms with van der Waals surface area (Å²) in [6.07, 6.45) is 1.65. The van der Waals surface area contributed by atoms with Crippen molar-refractivity contribution in [3.05, 3.63) is 35.4 Å². The van der Waals surface area contributed by atoms with Crippen molar-refractivity contribution in [3.63, 3.8) is 0 Å². The summed E-state index contributed by atoms with van der Waals surface area (Å²) in [6.45, 7) is 7.27. The number of carbonyl (C=O) groups is 2. The fourth-order valence-corrected chi connectivity index (χ4v) is 3.06. The summed E-state index contributed by atoms with van der Waals surface area (Å²) >= 11 is 0. The van der Waals surface area contributed by atoms with Gasteiger partial charge in [0.2, 0.25) is 11.8 Å². The molecule has 0 aliphatic carbocycles. The highest BCUT2D eigenvalue weighted by Gasteiger charge is 2.33. The van der Waals surface area contributed by atoms with Crippen LogP contribution in [0.1, 0.15) is 55.5 Å². The van der Waals surface area contributed by atoms with Crippen molar-refractivity contribution in [1.82, 2.24) is 4.90 Å². The minimum atomic E-state index is -0.489. The second-order valence-electron chi connectivity index (χ2n) is 7.39. The first-order chi connectivity index (χ1) is 10.7. The largest absolute Gasteiger partial charge is 0.366 e. The minimum Gasteiger partial charge on any atom is -0.366 e. The summed E-state index contributed by atoms with van der Waals surface area (Å²) in [5.74, 6) is -0.124. The van der Waals surface area contributed by atoms with Crippen molar-refractivity contribution >= 4 is 11.8 Å². The summed E-state index contributed by atoms with van der Waals surface area (Å²) in [5.41, 5.74) is 12.9. The van der Waals surface area contributed by atoms with Crippen molar-refractivity contribution < 1.29 is 9.59 Å². The number of piperidine rings is 1. The van der Waals surface area contributed by atoms with Crippen molar-refractivity contribution in [1.29, 1.82) is 0 Å². The Kier molecular flexibility index (Phi) is 5.09. The van der Waals surface area contributed by atoms with Crippen LogP contribution >= 0.6 is 0 Å². The molecule has 1 heterocycles. The van der Waals surface area contributed by atoms with Gasteiger partial charge in [0.25, 0.3) is 0 Å². The van der Waals surface area contributed by atoms with Crippen LogP contribution < -0.4 is 11.5 Å². The van der Waals surface area contributed by atoms with E-state index in [4.69, 9.17) is 11.5 Å². The topological polar surface area (TPSA) is 89.4 Å². The third-order valence-electron chi connectivity index (χ3n) is 4.67. The predicted octanol–water partition coefficient (Wildman–Crippen LogP) is 1.86. The summed E-state index contributed by atoms with van der Waals surface area (Å²) in [5, 5.41) is 0. The van der Waals surface area contributed by atoms with Gasteiger partial charge in [0.1, 0.15) is 0 Å². The first-order valence-corrected chi connectivity index (χ1v) is 8.15. The second-order valence-corrected chi connectivity index (χ2v) is 7.39. The van der Waals surface area contributed by atoms with Crippen LogP contribution in [0.15, 0.2) is 24.3 Å². The Balaban J connectivity index is 2.05. The first-order valence-electron chi connectivity index (χ1n) is 8.15. The van der Waals surface area contributed by atoms with Crippen LogP contribution in [0.3, 0.4) is 0 Å². The Labute approximate surface area is 138 Å². The molecule has 126 valence electrons. The Morgan fingerprint density at radius 2 is 1.74 bits per heavy atom. The van der Waals surface area contributed by atoms with Gasteiger partial charge in [-0.2, -0.15) is 0 Å². The molecule has 1 atom stereocenters. The summed E-state index contributed by atoms with van der Waals surface area (Å²) < 4.78 is 0. The third-order valence-corrected chi connectivity index (χ3v) is 4.67. The molecule has 1 aliphatic heterocycles. The highest BCUT2D eigenvalue weighted by molar-refractivity contribution is 5.94. The summed E-state index contributed by atoms with van der Waals surface area (Å²) in [6, 6.07) is 6.99. The number of rotatable bonds is 3.